The van der Waals surface area contributed by atoms with Crippen molar-refractivity contribution in [3.63, 3.8) is 0 Å². The van der Waals surface area contributed by atoms with E-state index in [1.54, 1.807) is 4.90 Å². The molecule has 1 heterocycles. The van der Waals surface area contributed by atoms with Gasteiger partial charge in [-0.3, -0.25) is 9.69 Å². The molecule has 0 radical (unpaired) electrons. The molecule has 5 heteroatoms. The lowest BCUT2D eigenvalue weighted by Crippen LogP contribution is -2.58. The van der Waals surface area contributed by atoms with E-state index in [9.17, 15) is 9.59 Å². The quantitative estimate of drug-likeness (QED) is 0.797. The lowest BCUT2D eigenvalue weighted by molar-refractivity contribution is -0.00967. The SMILES string of the molecule is C[C@@H]1CN(C(=O)OC(C)(C)C)C[C@H](C)N1Cc1cccc(C=O)c1. The van der Waals surface area contributed by atoms with Crippen LogP contribution < -0.4 is 0 Å². The second-order valence-corrected chi connectivity index (χ2v) is 7.62. The number of carbonyl (C=O) groups is 2. The van der Waals surface area contributed by atoms with E-state index in [0.717, 1.165) is 18.4 Å². The van der Waals surface area contributed by atoms with E-state index in [0.29, 0.717) is 18.7 Å². The van der Waals surface area contributed by atoms with Crippen LogP contribution in [0.5, 0.6) is 0 Å². The van der Waals surface area contributed by atoms with Gasteiger partial charge in [-0.1, -0.05) is 18.2 Å². The molecule has 1 aromatic carbocycles. The average molecular weight is 332 g/mol. The average Bonchev–Trinajstić information content (AvgIpc) is 2.49. The van der Waals surface area contributed by atoms with Gasteiger partial charge in [-0.05, 0) is 46.2 Å². The van der Waals surface area contributed by atoms with Gasteiger partial charge in [0, 0.05) is 37.3 Å². The predicted molar refractivity (Wildman–Crippen MR) is 94.1 cm³/mol. The van der Waals surface area contributed by atoms with E-state index in [2.05, 4.69) is 18.7 Å². The van der Waals surface area contributed by atoms with Crippen LogP contribution in [0.25, 0.3) is 0 Å². The molecule has 5 nitrogen and oxygen atoms in total. The number of hydrogen-bond donors (Lipinski definition) is 0. The number of amides is 1. The molecule has 0 saturated carbocycles. The Labute approximate surface area is 144 Å². The zero-order valence-electron chi connectivity index (χ0n) is 15.3. The number of carbonyl (C=O) groups excluding carboxylic acids is 2. The monoisotopic (exact) mass is 332 g/mol. The van der Waals surface area contributed by atoms with E-state index >= 15 is 0 Å². The van der Waals surface area contributed by atoms with Crippen LogP contribution >= 0.6 is 0 Å². The summed E-state index contributed by atoms with van der Waals surface area (Å²) in [6, 6.07) is 8.12. The molecule has 0 aromatic heterocycles. The fraction of sp³-hybridized carbons (Fsp3) is 0.579. The van der Waals surface area contributed by atoms with Gasteiger partial charge in [0.1, 0.15) is 11.9 Å². The first-order valence-corrected chi connectivity index (χ1v) is 8.47. The molecular formula is C19H28N2O3. The Morgan fingerprint density at radius 2 is 1.88 bits per heavy atom. The van der Waals surface area contributed by atoms with Crippen molar-refractivity contribution in [2.24, 2.45) is 0 Å². The van der Waals surface area contributed by atoms with Crippen molar-refractivity contribution in [1.29, 1.82) is 0 Å². The fourth-order valence-electron chi connectivity index (χ4n) is 3.12. The molecule has 1 saturated heterocycles. The lowest BCUT2D eigenvalue weighted by atomic mass is 10.1. The van der Waals surface area contributed by atoms with Crippen molar-refractivity contribution in [2.75, 3.05) is 13.1 Å². The van der Waals surface area contributed by atoms with Gasteiger partial charge in [-0.2, -0.15) is 0 Å². The third-order valence-corrected chi connectivity index (χ3v) is 4.21. The molecular weight excluding hydrogens is 304 g/mol. The number of nitrogens with zero attached hydrogens (tertiary/aromatic N) is 2. The van der Waals surface area contributed by atoms with Gasteiger partial charge in [-0.25, -0.2) is 4.79 Å². The highest BCUT2D eigenvalue weighted by molar-refractivity contribution is 5.74. The molecule has 1 fully saturated rings. The molecule has 132 valence electrons. The number of rotatable bonds is 3. The van der Waals surface area contributed by atoms with Crippen LogP contribution in [0.3, 0.4) is 0 Å². The molecule has 1 aliphatic heterocycles. The van der Waals surface area contributed by atoms with Crippen molar-refractivity contribution >= 4 is 12.4 Å². The molecule has 0 bridgehead atoms. The minimum absolute atomic E-state index is 0.223. The van der Waals surface area contributed by atoms with Gasteiger partial charge in [0.2, 0.25) is 0 Å². The number of benzene rings is 1. The highest BCUT2D eigenvalue weighted by Gasteiger charge is 2.33. The highest BCUT2D eigenvalue weighted by atomic mass is 16.6. The van der Waals surface area contributed by atoms with E-state index in [-0.39, 0.29) is 18.2 Å². The Morgan fingerprint density at radius 3 is 2.42 bits per heavy atom. The van der Waals surface area contributed by atoms with E-state index in [1.807, 2.05) is 45.0 Å². The summed E-state index contributed by atoms with van der Waals surface area (Å²) in [7, 11) is 0. The standard InChI is InChI=1S/C19H28N2O3/c1-14-10-20(18(23)24-19(3,4)5)11-15(2)21(14)12-16-7-6-8-17(9-16)13-22/h6-9,13-15H,10-12H2,1-5H3/t14-,15+. The Kier molecular flexibility index (Phi) is 5.65. The lowest BCUT2D eigenvalue weighted by Gasteiger charge is -2.44. The Bertz CT molecular complexity index is 583. The van der Waals surface area contributed by atoms with Crippen molar-refractivity contribution in [1.82, 2.24) is 9.80 Å². The third-order valence-electron chi connectivity index (χ3n) is 4.21. The molecule has 0 aliphatic carbocycles. The van der Waals surface area contributed by atoms with E-state index in [4.69, 9.17) is 4.74 Å². The maximum absolute atomic E-state index is 12.3. The number of hydrogen-bond acceptors (Lipinski definition) is 4. The summed E-state index contributed by atoms with van der Waals surface area (Å²) in [6.45, 7) is 12.0. The number of ether oxygens (including phenoxy) is 1. The van der Waals surface area contributed by atoms with Crippen LogP contribution in [-0.4, -0.2) is 53.0 Å². The summed E-state index contributed by atoms with van der Waals surface area (Å²) in [5.41, 5.74) is 1.33. The van der Waals surface area contributed by atoms with Crippen LogP contribution in [0.2, 0.25) is 0 Å². The number of aldehydes is 1. The summed E-state index contributed by atoms with van der Waals surface area (Å²) in [5.74, 6) is 0. The first-order chi connectivity index (χ1) is 11.2. The summed E-state index contributed by atoms with van der Waals surface area (Å²) in [4.78, 5) is 27.4. The molecule has 0 N–H and O–H groups in total. The minimum atomic E-state index is -0.476. The van der Waals surface area contributed by atoms with Crippen LogP contribution in [0.4, 0.5) is 4.79 Å². The maximum Gasteiger partial charge on any atom is 0.410 e. The first-order valence-electron chi connectivity index (χ1n) is 8.47. The van der Waals surface area contributed by atoms with Crippen molar-refractivity contribution in [2.45, 2.75) is 58.8 Å². The molecule has 24 heavy (non-hydrogen) atoms. The van der Waals surface area contributed by atoms with Gasteiger partial charge in [-0.15, -0.1) is 0 Å². The third kappa shape index (κ3) is 4.81. The van der Waals surface area contributed by atoms with Crippen LogP contribution in [0.1, 0.15) is 50.5 Å². The van der Waals surface area contributed by atoms with E-state index < -0.39 is 5.60 Å². The molecule has 2 rings (SSSR count). The van der Waals surface area contributed by atoms with Crippen molar-refractivity contribution in [3.8, 4) is 0 Å². The molecule has 1 amide bonds. The van der Waals surface area contributed by atoms with Crippen LogP contribution in [-0.2, 0) is 11.3 Å². The Morgan fingerprint density at radius 1 is 1.25 bits per heavy atom. The Balaban J connectivity index is 2.02. The molecule has 1 aliphatic rings. The van der Waals surface area contributed by atoms with Gasteiger partial charge in [0.15, 0.2) is 0 Å². The van der Waals surface area contributed by atoms with Crippen LogP contribution in [0.15, 0.2) is 24.3 Å². The Hall–Kier alpha value is -1.88. The zero-order valence-corrected chi connectivity index (χ0v) is 15.3. The van der Waals surface area contributed by atoms with Crippen LogP contribution in [0, 0.1) is 0 Å². The molecule has 0 spiro atoms. The maximum atomic E-state index is 12.3. The predicted octanol–water partition coefficient (Wildman–Crippen LogP) is 3.33. The second kappa shape index (κ2) is 7.34. The topological polar surface area (TPSA) is 49.9 Å². The van der Waals surface area contributed by atoms with Crippen molar-refractivity contribution in [3.05, 3.63) is 35.4 Å². The normalized spacial score (nSPS) is 22.3. The fourth-order valence-corrected chi connectivity index (χ4v) is 3.12. The smallest absolute Gasteiger partial charge is 0.410 e. The number of piperazine rings is 1. The molecule has 0 unspecified atom stereocenters. The molecule has 2 atom stereocenters. The summed E-state index contributed by atoms with van der Waals surface area (Å²) in [5, 5.41) is 0. The van der Waals surface area contributed by atoms with E-state index in [1.165, 1.54) is 0 Å². The highest BCUT2D eigenvalue weighted by Crippen LogP contribution is 2.21. The summed E-state index contributed by atoms with van der Waals surface area (Å²) < 4.78 is 5.49. The van der Waals surface area contributed by atoms with Gasteiger partial charge in [0.05, 0.1) is 0 Å². The second-order valence-electron chi connectivity index (χ2n) is 7.62. The first kappa shape index (κ1) is 18.5. The molecule has 1 aromatic rings. The zero-order chi connectivity index (χ0) is 17.9. The van der Waals surface area contributed by atoms with Gasteiger partial charge < -0.3 is 9.64 Å². The summed E-state index contributed by atoms with van der Waals surface area (Å²) >= 11 is 0. The van der Waals surface area contributed by atoms with Crippen molar-refractivity contribution < 1.29 is 14.3 Å². The van der Waals surface area contributed by atoms with Gasteiger partial charge >= 0.3 is 6.09 Å². The minimum Gasteiger partial charge on any atom is -0.444 e. The largest absolute Gasteiger partial charge is 0.444 e. The van der Waals surface area contributed by atoms with Gasteiger partial charge in [0.25, 0.3) is 0 Å². The summed E-state index contributed by atoms with van der Waals surface area (Å²) in [6.07, 6.45) is 0.625.